The van der Waals surface area contributed by atoms with E-state index < -0.39 is 0 Å². The van der Waals surface area contributed by atoms with Gasteiger partial charge in [0, 0.05) is 25.9 Å². The van der Waals surface area contributed by atoms with Crippen LogP contribution in [-0.2, 0) is 11.3 Å². The fourth-order valence-corrected chi connectivity index (χ4v) is 4.15. The Morgan fingerprint density at radius 2 is 1.90 bits per heavy atom. The number of rotatable bonds is 5. The van der Waals surface area contributed by atoms with Crippen LogP contribution >= 0.6 is 0 Å². The van der Waals surface area contributed by atoms with Crippen LogP contribution in [0.5, 0.6) is 0 Å². The number of hydrogen-bond acceptors (Lipinski definition) is 3. The maximum atomic E-state index is 5.19. The standard InChI is InChI=1S/C17H31N3O/c1-13-11-20(7-8-21-6)15(18-13)19-14-9-16(2,3)12-17(4,5)10-14/h11,14H,7-10,12H2,1-6H3,(H,18,19). The average molecular weight is 293 g/mol. The van der Waals surface area contributed by atoms with Crippen LogP contribution in [0.4, 0.5) is 5.95 Å². The predicted octanol–water partition coefficient (Wildman–Crippen LogP) is 3.85. The van der Waals surface area contributed by atoms with Gasteiger partial charge in [0.15, 0.2) is 0 Å². The molecule has 0 saturated heterocycles. The van der Waals surface area contributed by atoms with E-state index in [1.807, 2.05) is 6.92 Å². The van der Waals surface area contributed by atoms with Gasteiger partial charge in [0.2, 0.25) is 5.95 Å². The van der Waals surface area contributed by atoms with Crippen molar-refractivity contribution in [3.05, 3.63) is 11.9 Å². The first-order valence-corrected chi connectivity index (χ1v) is 8.00. The molecule has 1 aromatic heterocycles. The topological polar surface area (TPSA) is 39.1 Å². The molecule has 0 atom stereocenters. The molecule has 1 heterocycles. The lowest BCUT2D eigenvalue weighted by molar-refractivity contribution is 0.105. The molecule has 0 aromatic carbocycles. The van der Waals surface area contributed by atoms with Gasteiger partial charge >= 0.3 is 0 Å². The van der Waals surface area contributed by atoms with Gasteiger partial charge in [0.1, 0.15) is 0 Å². The van der Waals surface area contributed by atoms with Crippen LogP contribution in [0.25, 0.3) is 0 Å². The molecule has 2 rings (SSSR count). The monoisotopic (exact) mass is 293 g/mol. The molecule has 0 unspecified atom stereocenters. The second kappa shape index (κ2) is 5.99. The molecule has 1 N–H and O–H groups in total. The summed E-state index contributed by atoms with van der Waals surface area (Å²) in [5, 5.41) is 3.69. The first-order chi connectivity index (χ1) is 9.71. The highest BCUT2D eigenvalue weighted by Crippen LogP contribution is 2.46. The maximum absolute atomic E-state index is 5.19. The summed E-state index contributed by atoms with van der Waals surface area (Å²) in [7, 11) is 1.74. The number of methoxy groups -OCH3 is 1. The van der Waals surface area contributed by atoms with Gasteiger partial charge in [0.05, 0.1) is 12.3 Å². The van der Waals surface area contributed by atoms with Gasteiger partial charge in [-0.05, 0) is 37.0 Å². The molecule has 0 radical (unpaired) electrons. The molecular weight excluding hydrogens is 262 g/mol. The largest absolute Gasteiger partial charge is 0.383 e. The Labute approximate surface area is 129 Å². The molecule has 21 heavy (non-hydrogen) atoms. The smallest absolute Gasteiger partial charge is 0.203 e. The molecule has 0 aliphatic heterocycles. The van der Waals surface area contributed by atoms with Crippen molar-refractivity contribution in [2.24, 2.45) is 10.8 Å². The summed E-state index contributed by atoms with van der Waals surface area (Å²) in [6.07, 6.45) is 5.79. The molecule has 1 saturated carbocycles. The Morgan fingerprint density at radius 1 is 1.29 bits per heavy atom. The lowest BCUT2D eigenvalue weighted by Crippen LogP contribution is -2.40. The third kappa shape index (κ3) is 4.47. The fourth-order valence-electron chi connectivity index (χ4n) is 4.15. The van der Waals surface area contributed by atoms with E-state index in [1.54, 1.807) is 7.11 Å². The zero-order chi connectivity index (χ0) is 15.7. The van der Waals surface area contributed by atoms with Crippen molar-refractivity contribution in [2.75, 3.05) is 19.0 Å². The molecular formula is C17H31N3O. The van der Waals surface area contributed by atoms with E-state index in [1.165, 1.54) is 19.3 Å². The van der Waals surface area contributed by atoms with E-state index in [2.05, 4.69) is 48.8 Å². The average Bonchev–Trinajstić information content (AvgIpc) is 2.62. The van der Waals surface area contributed by atoms with Crippen LogP contribution < -0.4 is 5.32 Å². The number of hydrogen-bond donors (Lipinski definition) is 1. The molecule has 1 aromatic rings. The highest BCUT2D eigenvalue weighted by Gasteiger charge is 2.38. The van der Waals surface area contributed by atoms with E-state index in [4.69, 9.17) is 4.74 Å². The summed E-state index contributed by atoms with van der Waals surface area (Å²) in [4.78, 5) is 4.65. The van der Waals surface area contributed by atoms with Gasteiger partial charge in [-0.15, -0.1) is 0 Å². The lowest BCUT2D eigenvalue weighted by Gasteiger charge is -2.45. The van der Waals surface area contributed by atoms with Crippen LogP contribution in [0, 0.1) is 17.8 Å². The Kier molecular flexibility index (Phi) is 4.66. The second-order valence-electron chi connectivity index (χ2n) is 8.15. The van der Waals surface area contributed by atoms with Gasteiger partial charge in [-0.25, -0.2) is 4.98 Å². The van der Waals surface area contributed by atoms with E-state index in [9.17, 15) is 0 Å². The van der Waals surface area contributed by atoms with E-state index in [0.29, 0.717) is 23.5 Å². The third-order valence-electron chi connectivity index (χ3n) is 4.32. The number of aromatic nitrogens is 2. The predicted molar refractivity (Wildman–Crippen MR) is 87.7 cm³/mol. The third-order valence-corrected chi connectivity index (χ3v) is 4.32. The summed E-state index contributed by atoms with van der Waals surface area (Å²) in [6.45, 7) is 13.1. The van der Waals surface area contributed by atoms with E-state index >= 15 is 0 Å². The molecule has 4 heteroatoms. The zero-order valence-corrected chi connectivity index (χ0v) is 14.5. The number of aryl methyl sites for hydroxylation is 1. The summed E-state index contributed by atoms with van der Waals surface area (Å²) >= 11 is 0. The molecule has 0 bridgehead atoms. The first-order valence-electron chi connectivity index (χ1n) is 8.00. The van der Waals surface area contributed by atoms with Crippen LogP contribution in [0.2, 0.25) is 0 Å². The molecule has 1 aliphatic rings. The molecule has 120 valence electrons. The zero-order valence-electron chi connectivity index (χ0n) is 14.5. The van der Waals surface area contributed by atoms with Crippen LogP contribution in [0.1, 0.15) is 52.7 Å². The minimum absolute atomic E-state index is 0.387. The number of ether oxygens (including phenoxy) is 1. The van der Waals surface area contributed by atoms with E-state index in [0.717, 1.165) is 18.2 Å². The van der Waals surface area contributed by atoms with Crippen molar-refractivity contribution < 1.29 is 4.74 Å². The van der Waals surface area contributed by atoms with Gasteiger partial charge in [0.25, 0.3) is 0 Å². The second-order valence-corrected chi connectivity index (χ2v) is 8.15. The number of anilines is 1. The SMILES string of the molecule is COCCn1cc(C)nc1NC1CC(C)(C)CC(C)(C)C1. The molecule has 0 amide bonds. The highest BCUT2D eigenvalue weighted by atomic mass is 16.5. The lowest BCUT2D eigenvalue weighted by atomic mass is 9.63. The van der Waals surface area contributed by atoms with Crippen molar-refractivity contribution in [3.63, 3.8) is 0 Å². The van der Waals surface area contributed by atoms with Gasteiger partial charge in [-0.1, -0.05) is 27.7 Å². The van der Waals surface area contributed by atoms with Crippen molar-refractivity contribution in [1.29, 1.82) is 0 Å². The summed E-state index contributed by atoms with van der Waals surface area (Å²) < 4.78 is 7.36. The summed E-state index contributed by atoms with van der Waals surface area (Å²) in [5.41, 5.74) is 1.83. The number of nitrogens with zero attached hydrogens (tertiary/aromatic N) is 2. The number of nitrogens with one attached hydrogen (secondary N) is 1. The molecule has 1 fully saturated rings. The van der Waals surface area contributed by atoms with Crippen molar-refractivity contribution >= 4 is 5.95 Å². The summed E-state index contributed by atoms with van der Waals surface area (Å²) in [5.74, 6) is 0.989. The normalized spacial score (nSPS) is 21.4. The minimum Gasteiger partial charge on any atom is -0.383 e. The Balaban J connectivity index is 2.10. The first kappa shape index (κ1) is 16.3. The van der Waals surface area contributed by atoms with Crippen molar-refractivity contribution in [2.45, 2.75) is 66.5 Å². The van der Waals surface area contributed by atoms with Crippen molar-refractivity contribution in [1.82, 2.24) is 9.55 Å². The van der Waals surface area contributed by atoms with Crippen LogP contribution in [0.3, 0.4) is 0 Å². The Bertz CT molecular complexity index is 460. The Morgan fingerprint density at radius 3 is 2.48 bits per heavy atom. The maximum Gasteiger partial charge on any atom is 0.203 e. The van der Waals surface area contributed by atoms with E-state index in [-0.39, 0.29) is 0 Å². The van der Waals surface area contributed by atoms with Crippen molar-refractivity contribution in [3.8, 4) is 0 Å². The molecule has 1 aliphatic carbocycles. The van der Waals surface area contributed by atoms with Gasteiger partial charge in [-0.2, -0.15) is 0 Å². The van der Waals surface area contributed by atoms with Gasteiger partial charge < -0.3 is 14.6 Å². The minimum atomic E-state index is 0.387. The van der Waals surface area contributed by atoms with Crippen LogP contribution in [0.15, 0.2) is 6.20 Å². The Hall–Kier alpha value is -1.03. The molecule has 0 spiro atoms. The summed E-state index contributed by atoms with van der Waals surface area (Å²) in [6, 6.07) is 0.492. The molecule has 4 nitrogen and oxygen atoms in total. The number of imidazole rings is 1. The van der Waals surface area contributed by atoms with Gasteiger partial charge in [-0.3, -0.25) is 0 Å². The fraction of sp³-hybridized carbons (Fsp3) is 0.824. The highest BCUT2D eigenvalue weighted by molar-refractivity contribution is 5.31. The quantitative estimate of drug-likeness (QED) is 0.896. The van der Waals surface area contributed by atoms with Crippen LogP contribution in [-0.4, -0.2) is 29.3 Å².